The summed E-state index contributed by atoms with van der Waals surface area (Å²) in [6.07, 6.45) is 0.553. The van der Waals surface area contributed by atoms with Crippen molar-refractivity contribution in [2.24, 2.45) is 0 Å². The monoisotopic (exact) mass is 349 g/mol. The molecule has 1 fully saturated rings. The zero-order valence-corrected chi connectivity index (χ0v) is 15.0. The fraction of sp³-hybridized carbons (Fsp3) is 0.471. The average Bonchev–Trinajstić information content (AvgIpc) is 2.79. The Bertz CT molecular complexity index is 821. The molecule has 0 saturated carbocycles. The third-order valence-corrected chi connectivity index (χ3v) is 5.58. The lowest BCUT2D eigenvalue weighted by Gasteiger charge is -2.40. The standard InChI is InChI=1S/C17H23N3O3S/c1-12-8-13(2)20(18-12)15-9-19(10-15)11-17(21)14-4-6-16(7-5-14)24(3,22)23/h4-8,15,17,21H,9-11H2,1-3H3/t17-/m0/s1. The molecule has 130 valence electrons. The van der Waals surface area contributed by atoms with Crippen LogP contribution in [0.1, 0.15) is 29.1 Å². The molecule has 0 unspecified atom stereocenters. The van der Waals surface area contributed by atoms with Crippen molar-refractivity contribution in [2.45, 2.75) is 30.9 Å². The third kappa shape index (κ3) is 3.53. The molecule has 3 rings (SSSR count). The van der Waals surface area contributed by atoms with E-state index in [4.69, 9.17) is 0 Å². The molecule has 1 atom stereocenters. The maximum Gasteiger partial charge on any atom is 0.175 e. The lowest BCUT2D eigenvalue weighted by molar-refractivity contribution is 0.0393. The molecule has 0 aliphatic carbocycles. The van der Waals surface area contributed by atoms with Crippen molar-refractivity contribution in [1.29, 1.82) is 0 Å². The molecule has 1 aromatic carbocycles. The van der Waals surface area contributed by atoms with Crippen LogP contribution >= 0.6 is 0 Å². The van der Waals surface area contributed by atoms with Crippen molar-refractivity contribution in [3.05, 3.63) is 47.3 Å². The molecule has 7 heteroatoms. The van der Waals surface area contributed by atoms with Crippen LogP contribution in [0.2, 0.25) is 0 Å². The van der Waals surface area contributed by atoms with Crippen molar-refractivity contribution in [1.82, 2.24) is 14.7 Å². The van der Waals surface area contributed by atoms with Gasteiger partial charge in [0, 0.05) is 31.6 Å². The van der Waals surface area contributed by atoms with Gasteiger partial charge >= 0.3 is 0 Å². The SMILES string of the molecule is Cc1cc(C)n(C2CN(C[C@H](O)c3ccc(S(C)(=O)=O)cc3)C2)n1. The van der Waals surface area contributed by atoms with Gasteiger partial charge in [0.15, 0.2) is 9.84 Å². The van der Waals surface area contributed by atoms with Crippen LogP contribution in [0.25, 0.3) is 0 Å². The normalized spacial score (nSPS) is 17.7. The van der Waals surface area contributed by atoms with Crippen LogP contribution in [0.5, 0.6) is 0 Å². The van der Waals surface area contributed by atoms with Gasteiger partial charge in [-0.1, -0.05) is 12.1 Å². The van der Waals surface area contributed by atoms with Gasteiger partial charge in [0.05, 0.1) is 22.7 Å². The number of β-amino-alcohol motifs (C(OH)–C–C–N with tert-alkyl or cyclic N) is 1. The molecule has 2 aromatic rings. The molecule has 1 aliphatic rings. The molecule has 0 bridgehead atoms. The van der Waals surface area contributed by atoms with E-state index in [1.54, 1.807) is 24.3 Å². The Morgan fingerprint density at radius 3 is 2.38 bits per heavy atom. The number of rotatable bonds is 5. The van der Waals surface area contributed by atoms with Crippen molar-refractivity contribution in [2.75, 3.05) is 25.9 Å². The van der Waals surface area contributed by atoms with Crippen LogP contribution < -0.4 is 0 Å². The Morgan fingerprint density at radius 1 is 1.25 bits per heavy atom. The quantitative estimate of drug-likeness (QED) is 0.885. The summed E-state index contributed by atoms with van der Waals surface area (Å²) in [5, 5.41) is 14.9. The first kappa shape index (κ1) is 17.1. The first-order chi connectivity index (χ1) is 11.2. The number of hydrogen-bond acceptors (Lipinski definition) is 5. The second-order valence-corrected chi connectivity index (χ2v) is 8.62. The molecular weight excluding hydrogens is 326 g/mol. The molecular formula is C17H23N3O3S. The lowest BCUT2D eigenvalue weighted by Crippen LogP contribution is -2.49. The average molecular weight is 349 g/mol. The van der Waals surface area contributed by atoms with Crippen LogP contribution in [0.4, 0.5) is 0 Å². The Hall–Kier alpha value is -1.70. The summed E-state index contributed by atoms with van der Waals surface area (Å²) < 4.78 is 25.0. The van der Waals surface area contributed by atoms with Crippen LogP contribution in [0.15, 0.2) is 35.2 Å². The number of benzene rings is 1. The number of nitrogens with zero attached hydrogens (tertiary/aromatic N) is 3. The zero-order chi connectivity index (χ0) is 17.5. The van der Waals surface area contributed by atoms with E-state index in [2.05, 4.69) is 27.7 Å². The minimum atomic E-state index is -3.20. The number of aryl methyl sites for hydroxylation is 2. The van der Waals surface area contributed by atoms with Gasteiger partial charge in [-0.25, -0.2) is 8.42 Å². The van der Waals surface area contributed by atoms with Crippen molar-refractivity contribution in [3.8, 4) is 0 Å². The predicted molar refractivity (Wildman–Crippen MR) is 91.7 cm³/mol. The predicted octanol–water partition coefficient (Wildman–Crippen LogP) is 1.49. The number of likely N-dealkylation sites (tertiary alicyclic amines) is 1. The first-order valence-electron chi connectivity index (χ1n) is 7.97. The molecule has 24 heavy (non-hydrogen) atoms. The van der Waals surface area contributed by atoms with E-state index < -0.39 is 15.9 Å². The smallest absolute Gasteiger partial charge is 0.175 e. The summed E-state index contributed by atoms with van der Waals surface area (Å²) in [4.78, 5) is 2.45. The van der Waals surface area contributed by atoms with Gasteiger partial charge in [-0.15, -0.1) is 0 Å². The van der Waals surface area contributed by atoms with Crippen LogP contribution in [0, 0.1) is 13.8 Å². The highest BCUT2D eigenvalue weighted by molar-refractivity contribution is 7.90. The molecule has 0 radical (unpaired) electrons. The lowest BCUT2D eigenvalue weighted by atomic mass is 10.0. The summed E-state index contributed by atoms with van der Waals surface area (Å²) in [6.45, 7) is 6.31. The van der Waals surface area contributed by atoms with Gasteiger partial charge in [0.2, 0.25) is 0 Å². The molecule has 1 saturated heterocycles. The number of sulfone groups is 1. The fourth-order valence-corrected chi connectivity index (χ4v) is 3.78. The number of aromatic nitrogens is 2. The van der Waals surface area contributed by atoms with E-state index in [1.807, 2.05) is 6.92 Å². The number of aliphatic hydroxyl groups excluding tert-OH is 1. The molecule has 1 N–H and O–H groups in total. The van der Waals surface area contributed by atoms with Crippen LogP contribution in [-0.2, 0) is 9.84 Å². The van der Waals surface area contributed by atoms with Gasteiger partial charge < -0.3 is 5.11 Å². The van der Waals surface area contributed by atoms with Crippen molar-refractivity contribution in [3.63, 3.8) is 0 Å². The summed E-state index contributed by atoms with van der Waals surface area (Å²) in [7, 11) is -3.20. The Kier molecular flexibility index (Phi) is 4.50. The highest BCUT2D eigenvalue weighted by Crippen LogP contribution is 2.26. The molecule has 0 amide bonds. The van der Waals surface area contributed by atoms with Gasteiger partial charge in [-0.2, -0.15) is 5.10 Å². The van der Waals surface area contributed by atoms with E-state index >= 15 is 0 Å². The molecule has 2 heterocycles. The van der Waals surface area contributed by atoms with Crippen molar-refractivity contribution >= 4 is 9.84 Å². The summed E-state index contributed by atoms with van der Waals surface area (Å²) >= 11 is 0. The molecule has 6 nitrogen and oxygen atoms in total. The first-order valence-corrected chi connectivity index (χ1v) is 9.86. The number of aliphatic hydroxyl groups is 1. The maximum atomic E-state index is 11.5. The second-order valence-electron chi connectivity index (χ2n) is 6.60. The van der Waals surface area contributed by atoms with Crippen LogP contribution in [0.3, 0.4) is 0 Å². The van der Waals surface area contributed by atoms with E-state index in [0.29, 0.717) is 12.6 Å². The minimum Gasteiger partial charge on any atom is -0.387 e. The largest absolute Gasteiger partial charge is 0.387 e. The zero-order valence-electron chi connectivity index (χ0n) is 14.2. The van der Waals surface area contributed by atoms with Crippen molar-refractivity contribution < 1.29 is 13.5 Å². The highest BCUT2D eigenvalue weighted by atomic mass is 32.2. The minimum absolute atomic E-state index is 0.270. The van der Waals surface area contributed by atoms with Gasteiger partial charge in [-0.3, -0.25) is 9.58 Å². The third-order valence-electron chi connectivity index (χ3n) is 4.45. The topological polar surface area (TPSA) is 75.4 Å². The maximum absolute atomic E-state index is 11.5. The van der Waals surface area contributed by atoms with E-state index in [-0.39, 0.29) is 4.90 Å². The van der Waals surface area contributed by atoms with E-state index in [0.717, 1.165) is 30.0 Å². The second kappa shape index (κ2) is 6.31. The van der Waals surface area contributed by atoms with Gasteiger partial charge in [0.1, 0.15) is 0 Å². The molecule has 1 aromatic heterocycles. The summed E-state index contributed by atoms with van der Waals surface area (Å²) in [5.74, 6) is 0. The molecule has 0 spiro atoms. The number of hydrogen-bond donors (Lipinski definition) is 1. The van der Waals surface area contributed by atoms with Gasteiger partial charge in [0.25, 0.3) is 0 Å². The summed E-state index contributed by atoms with van der Waals surface area (Å²) in [6, 6.07) is 8.88. The van der Waals surface area contributed by atoms with E-state index in [1.165, 1.54) is 6.26 Å². The summed E-state index contributed by atoms with van der Waals surface area (Å²) in [5.41, 5.74) is 2.92. The Balaban J connectivity index is 1.57. The Morgan fingerprint density at radius 2 is 1.88 bits per heavy atom. The van der Waals surface area contributed by atoms with Crippen LogP contribution in [-0.4, -0.2) is 54.1 Å². The highest BCUT2D eigenvalue weighted by Gasteiger charge is 2.31. The van der Waals surface area contributed by atoms with E-state index in [9.17, 15) is 13.5 Å². The van der Waals surface area contributed by atoms with Gasteiger partial charge in [-0.05, 0) is 37.6 Å². The molecule has 1 aliphatic heterocycles. The fourth-order valence-electron chi connectivity index (χ4n) is 3.15. The Labute approximate surface area is 142 Å².